The fourth-order valence-electron chi connectivity index (χ4n) is 3.32. The van der Waals surface area contributed by atoms with Crippen molar-refractivity contribution in [2.45, 2.75) is 18.9 Å². The molecular weight excluding hydrogens is 336 g/mol. The minimum atomic E-state index is -0.0823. The van der Waals surface area contributed by atoms with Crippen molar-refractivity contribution in [2.24, 2.45) is 0 Å². The number of nitrogens with one attached hydrogen (secondary N) is 2. The number of anilines is 1. The number of carbonyl (C=O) groups is 1. The maximum absolute atomic E-state index is 12.5. The minimum absolute atomic E-state index is 0.0823. The summed E-state index contributed by atoms with van der Waals surface area (Å²) in [6.07, 6.45) is 4.03. The molecule has 6 nitrogen and oxygen atoms in total. The molecule has 1 unspecified atom stereocenters. The van der Waals surface area contributed by atoms with E-state index in [0.29, 0.717) is 18.3 Å². The van der Waals surface area contributed by atoms with Gasteiger partial charge in [-0.1, -0.05) is 0 Å². The predicted octanol–water partition coefficient (Wildman–Crippen LogP) is 3.03. The van der Waals surface area contributed by atoms with Crippen molar-refractivity contribution < 1.29 is 9.53 Å². The molecule has 1 saturated heterocycles. The number of rotatable bonds is 5. The van der Waals surface area contributed by atoms with Gasteiger partial charge in [0, 0.05) is 47.7 Å². The Hall–Kier alpha value is -2.54. The Balaban J connectivity index is 1.43. The van der Waals surface area contributed by atoms with Gasteiger partial charge in [-0.3, -0.25) is 4.79 Å². The topological polar surface area (TPSA) is 70.2 Å². The highest BCUT2D eigenvalue weighted by Gasteiger charge is 2.26. The number of fused-ring (bicyclic) bond motifs is 1. The summed E-state index contributed by atoms with van der Waals surface area (Å²) in [5.74, 6) is 0.688. The van der Waals surface area contributed by atoms with Crippen molar-refractivity contribution in [2.75, 3.05) is 25.1 Å². The zero-order valence-electron chi connectivity index (χ0n) is 14.0. The van der Waals surface area contributed by atoms with Gasteiger partial charge in [0.05, 0.1) is 7.11 Å². The number of ether oxygens (including phenoxy) is 1. The predicted molar refractivity (Wildman–Crippen MR) is 99.7 cm³/mol. The maximum atomic E-state index is 12.5. The van der Waals surface area contributed by atoms with Crippen molar-refractivity contribution >= 4 is 33.3 Å². The van der Waals surface area contributed by atoms with Gasteiger partial charge in [-0.15, -0.1) is 11.3 Å². The highest BCUT2D eigenvalue weighted by molar-refractivity contribution is 7.13. The van der Waals surface area contributed by atoms with E-state index in [2.05, 4.69) is 20.2 Å². The largest absolute Gasteiger partial charge is 0.497 e. The molecule has 0 bridgehead atoms. The lowest BCUT2D eigenvalue weighted by Gasteiger charge is -2.24. The fraction of sp³-hybridized carbons (Fsp3) is 0.333. The number of aromatic nitrogens is 2. The van der Waals surface area contributed by atoms with E-state index in [0.717, 1.165) is 41.2 Å². The molecule has 1 atom stereocenters. The van der Waals surface area contributed by atoms with Crippen LogP contribution in [-0.2, 0) is 0 Å². The molecule has 7 heteroatoms. The van der Waals surface area contributed by atoms with E-state index in [9.17, 15) is 4.79 Å². The number of hydrogen-bond donors (Lipinski definition) is 2. The van der Waals surface area contributed by atoms with E-state index in [1.165, 1.54) is 0 Å². The first-order chi connectivity index (χ1) is 12.2. The molecule has 0 spiro atoms. The molecule has 1 aromatic carbocycles. The van der Waals surface area contributed by atoms with Crippen LogP contribution >= 0.6 is 11.3 Å². The van der Waals surface area contributed by atoms with Crippen LogP contribution in [0.1, 0.15) is 23.3 Å². The summed E-state index contributed by atoms with van der Waals surface area (Å²) < 4.78 is 5.22. The van der Waals surface area contributed by atoms with E-state index in [-0.39, 0.29) is 5.91 Å². The van der Waals surface area contributed by atoms with Gasteiger partial charge in [-0.05, 0) is 31.0 Å². The molecule has 1 amide bonds. The number of methoxy groups -OCH3 is 1. The summed E-state index contributed by atoms with van der Waals surface area (Å²) in [5, 5.41) is 7.08. The van der Waals surface area contributed by atoms with Crippen LogP contribution in [0.4, 0.5) is 5.13 Å². The quantitative estimate of drug-likeness (QED) is 0.737. The smallest absolute Gasteiger partial charge is 0.267 e. The Labute approximate surface area is 149 Å². The normalized spacial score (nSPS) is 17.2. The number of amides is 1. The van der Waals surface area contributed by atoms with E-state index in [1.807, 2.05) is 35.8 Å². The summed E-state index contributed by atoms with van der Waals surface area (Å²) >= 11 is 1.65. The number of aromatic amines is 1. The van der Waals surface area contributed by atoms with Crippen molar-refractivity contribution in [3.8, 4) is 5.75 Å². The standard InChI is InChI=1S/C18H20N4O2S/c1-24-14-5-4-12-9-16(21-15(12)10-14)17(23)20-11-13-3-2-7-22(13)18-19-6-8-25-18/h4-6,8-10,13,21H,2-3,7,11H2,1H3,(H,20,23). The second-order valence-corrected chi connectivity index (χ2v) is 7.02. The number of thiazole rings is 1. The van der Waals surface area contributed by atoms with Crippen LogP contribution in [0.25, 0.3) is 10.9 Å². The summed E-state index contributed by atoms with van der Waals surface area (Å²) in [6.45, 7) is 1.62. The van der Waals surface area contributed by atoms with Crippen LogP contribution in [0.5, 0.6) is 5.75 Å². The van der Waals surface area contributed by atoms with Crippen molar-refractivity contribution in [3.05, 3.63) is 41.5 Å². The summed E-state index contributed by atoms with van der Waals surface area (Å²) in [4.78, 5) is 22.4. The first-order valence-electron chi connectivity index (χ1n) is 8.35. The minimum Gasteiger partial charge on any atom is -0.497 e. The molecule has 25 heavy (non-hydrogen) atoms. The molecule has 2 N–H and O–H groups in total. The summed E-state index contributed by atoms with van der Waals surface area (Å²) in [6, 6.07) is 7.91. The zero-order chi connectivity index (χ0) is 17.2. The Bertz CT molecular complexity index is 874. The lowest BCUT2D eigenvalue weighted by molar-refractivity contribution is 0.0947. The lowest BCUT2D eigenvalue weighted by Crippen LogP contribution is -2.40. The molecule has 3 aromatic rings. The lowest BCUT2D eigenvalue weighted by atomic mass is 10.2. The fourth-order valence-corrected chi connectivity index (χ4v) is 4.06. The second kappa shape index (κ2) is 6.76. The van der Waals surface area contributed by atoms with E-state index < -0.39 is 0 Å². The SMILES string of the molecule is COc1ccc2cc(C(=O)NCC3CCCN3c3nccs3)[nH]c2c1. The Morgan fingerprint density at radius 3 is 3.20 bits per heavy atom. The van der Waals surface area contributed by atoms with Crippen molar-refractivity contribution in [3.63, 3.8) is 0 Å². The summed E-state index contributed by atoms with van der Waals surface area (Å²) in [7, 11) is 1.63. The molecule has 0 aliphatic carbocycles. The molecule has 0 saturated carbocycles. The molecule has 0 radical (unpaired) electrons. The van der Waals surface area contributed by atoms with Gasteiger partial charge in [-0.25, -0.2) is 4.98 Å². The Morgan fingerprint density at radius 2 is 2.40 bits per heavy atom. The third-order valence-corrected chi connectivity index (χ3v) is 5.42. The van der Waals surface area contributed by atoms with E-state index in [1.54, 1.807) is 18.4 Å². The van der Waals surface area contributed by atoms with Gasteiger partial charge in [0.2, 0.25) is 0 Å². The molecule has 4 rings (SSSR count). The van der Waals surface area contributed by atoms with Crippen LogP contribution in [0, 0.1) is 0 Å². The molecule has 3 heterocycles. The number of H-pyrrole nitrogens is 1. The monoisotopic (exact) mass is 356 g/mol. The van der Waals surface area contributed by atoms with Crippen LogP contribution in [0.15, 0.2) is 35.8 Å². The van der Waals surface area contributed by atoms with Gasteiger partial charge >= 0.3 is 0 Å². The first-order valence-corrected chi connectivity index (χ1v) is 9.23. The van der Waals surface area contributed by atoms with Crippen LogP contribution in [0.2, 0.25) is 0 Å². The number of hydrogen-bond acceptors (Lipinski definition) is 5. The number of benzene rings is 1. The van der Waals surface area contributed by atoms with Crippen molar-refractivity contribution in [1.82, 2.24) is 15.3 Å². The Kier molecular flexibility index (Phi) is 4.31. The van der Waals surface area contributed by atoms with Gasteiger partial charge in [0.25, 0.3) is 5.91 Å². The van der Waals surface area contributed by atoms with Gasteiger partial charge in [-0.2, -0.15) is 0 Å². The Morgan fingerprint density at radius 1 is 1.48 bits per heavy atom. The van der Waals surface area contributed by atoms with Crippen LogP contribution in [0.3, 0.4) is 0 Å². The van der Waals surface area contributed by atoms with Crippen LogP contribution in [-0.4, -0.2) is 42.1 Å². The highest BCUT2D eigenvalue weighted by Crippen LogP contribution is 2.27. The molecule has 1 aliphatic rings. The first kappa shape index (κ1) is 16.0. The maximum Gasteiger partial charge on any atom is 0.267 e. The van der Waals surface area contributed by atoms with Gasteiger partial charge < -0.3 is 19.9 Å². The van der Waals surface area contributed by atoms with Gasteiger partial charge in [0.15, 0.2) is 5.13 Å². The van der Waals surface area contributed by atoms with Crippen molar-refractivity contribution in [1.29, 1.82) is 0 Å². The molecule has 130 valence electrons. The average Bonchev–Trinajstić information content (AvgIpc) is 3.38. The van der Waals surface area contributed by atoms with Gasteiger partial charge in [0.1, 0.15) is 11.4 Å². The summed E-state index contributed by atoms with van der Waals surface area (Å²) in [5.41, 5.74) is 1.47. The molecule has 2 aromatic heterocycles. The zero-order valence-corrected chi connectivity index (χ0v) is 14.8. The molecular formula is C18H20N4O2S. The number of nitrogens with zero attached hydrogens (tertiary/aromatic N) is 2. The van der Waals surface area contributed by atoms with E-state index >= 15 is 0 Å². The average molecular weight is 356 g/mol. The molecule has 1 aliphatic heterocycles. The second-order valence-electron chi connectivity index (χ2n) is 6.15. The third kappa shape index (κ3) is 3.19. The molecule has 1 fully saturated rings. The van der Waals surface area contributed by atoms with Crippen LogP contribution < -0.4 is 15.0 Å². The number of carbonyl (C=O) groups excluding carboxylic acids is 1. The van der Waals surface area contributed by atoms with E-state index in [4.69, 9.17) is 4.74 Å². The highest BCUT2D eigenvalue weighted by atomic mass is 32.1. The third-order valence-electron chi connectivity index (χ3n) is 4.61.